The predicted molar refractivity (Wildman–Crippen MR) is 143 cm³/mol. The van der Waals surface area contributed by atoms with Crippen LogP contribution in [0.25, 0.3) is 0 Å². The number of nitrogens with zero attached hydrogens (tertiary/aromatic N) is 2. The second-order valence-electron chi connectivity index (χ2n) is 9.98. The van der Waals surface area contributed by atoms with Gasteiger partial charge in [0, 0.05) is 18.2 Å². The number of aromatic nitrogens is 2. The molecule has 1 amide bonds. The third kappa shape index (κ3) is 10.5. The van der Waals surface area contributed by atoms with E-state index >= 15 is 0 Å². The highest BCUT2D eigenvalue weighted by molar-refractivity contribution is 5.89. The molecule has 1 fully saturated rings. The molecule has 1 aromatic heterocycles. The third-order valence-corrected chi connectivity index (χ3v) is 6.89. The van der Waals surface area contributed by atoms with Gasteiger partial charge in [0.15, 0.2) is 6.23 Å². The Labute approximate surface area is 216 Å². The number of carbonyl (C=O) groups is 1. The molecule has 0 aliphatic carbocycles. The number of unbranched alkanes of at least 4 members (excludes halogenated alkanes) is 14. The van der Waals surface area contributed by atoms with Gasteiger partial charge >= 0.3 is 5.69 Å². The molecule has 8 nitrogen and oxygen atoms in total. The molecular formula is C28H47N3O5. The number of amides is 1. The van der Waals surface area contributed by atoms with Gasteiger partial charge in [-0.15, -0.1) is 0 Å². The monoisotopic (exact) mass is 505 g/mol. The lowest BCUT2D eigenvalue weighted by molar-refractivity contribution is -0.116. The van der Waals surface area contributed by atoms with Crippen molar-refractivity contribution < 1.29 is 19.7 Å². The highest BCUT2D eigenvalue weighted by Crippen LogP contribution is 2.31. The van der Waals surface area contributed by atoms with E-state index in [1.807, 2.05) is 0 Å². The lowest BCUT2D eigenvalue weighted by Gasteiger charge is -2.15. The highest BCUT2D eigenvalue weighted by atomic mass is 16.5. The van der Waals surface area contributed by atoms with Crippen LogP contribution in [-0.4, -0.2) is 44.5 Å². The van der Waals surface area contributed by atoms with Crippen LogP contribution in [0, 0.1) is 0 Å². The first-order chi connectivity index (χ1) is 17.5. The average Bonchev–Trinajstić information content (AvgIpc) is 3.15. The summed E-state index contributed by atoms with van der Waals surface area (Å²) in [5.74, 6) is 0.0247. The normalized spacial score (nSPS) is 19.6. The Hall–Kier alpha value is -2.03. The lowest BCUT2D eigenvalue weighted by atomic mass is 10.0. The van der Waals surface area contributed by atoms with Gasteiger partial charge in [0.2, 0.25) is 5.91 Å². The lowest BCUT2D eigenvalue weighted by Crippen LogP contribution is -2.29. The van der Waals surface area contributed by atoms with Gasteiger partial charge in [-0.1, -0.05) is 103 Å². The number of hydrogen-bond acceptors (Lipinski definition) is 6. The number of carbonyl (C=O) groups excluding carboxylic acids is 1. The largest absolute Gasteiger partial charge is 0.394 e. The van der Waals surface area contributed by atoms with E-state index in [9.17, 15) is 19.8 Å². The van der Waals surface area contributed by atoms with Gasteiger partial charge < -0.3 is 20.3 Å². The molecule has 1 unspecified atom stereocenters. The standard InChI is InChI=1S/C28H47N3O5/c1-3-4-5-6-7-8-9-10-11-12-13-14-15-16-17-18-25(33)29-24-19-20-31(28(35)30-24)27-22(2)26(34)23(21-32)36-27/h19-20,23,26-27,32,34H,2-18,21H2,1H3,(H,29,30,33,35)/t23-,26?,27-/m1/s1. The molecule has 36 heavy (non-hydrogen) atoms. The van der Waals surface area contributed by atoms with Gasteiger partial charge in [-0.05, 0) is 12.5 Å². The summed E-state index contributed by atoms with van der Waals surface area (Å²) in [4.78, 5) is 28.5. The van der Waals surface area contributed by atoms with Crippen molar-refractivity contribution >= 4 is 11.7 Å². The van der Waals surface area contributed by atoms with Crippen LogP contribution in [0.15, 0.2) is 29.2 Å². The molecule has 2 heterocycles. The fourth-order valence-corrected chi connectivity index (χ4v) is 4.62. The molecule has 2 rings (SSSR count). The maximum absolute atomic E-state index is 12.4. The molecule has 3 N–H and O–H groups in total. The first-order valence-electron chi connectivity index (χ1n) is 14.0. The zero-order valence-corrected chi connectivity index (χ0v) is 22.1. The first kappa shape index (κ1) is 30.2. The Morgan fingerprint density at radius 3 is 2.00 bits per heavy atom. The summed E-state index contributed by atoms with van der Waals surface area (Å²) in [5, 5.41) is 21.9. The molecule has 0 bridgehead atoms. The van der Waals surface area contributed by atoms with Gasteiger partial charge in [0.25, 0.3) is 0 Å². The van der Waals surface area contributed by atoms with E-state index in [1.165, 1.54) is 93.9 Å². The summed E-state index contributed by atoms with van der Waals surface area (Å²) in [6.07, 6.45) is 18.2. The summed E-state index contributed by atoms with van der Waals surface area (Å²) >= 11 is 0. The van der Waals surface area contributed by atoms with Crippen LogP contribution in [0.3, 0.4) is 0 Å². The van der Waals surface area contributed by atoms with Crippen molar-refractivity contribution in [3.8, 4) is 0 Å². The second-order valence-corrected chi connectivity index (χ2v) is 9.98. The molecule has 3 atom stereocenters. The smallest absolute Gasteiger partial charge is 0.351 e. The fraction of sp³-hybridized carbons (Fsp3) is 0.750. The van der Waals surface area contributed by atoms with Crippen molar-refractivity contribution in [3.05, 3.63) is 34.9 Å². The van der Waals surface area contributed by atoms with Gasteiger partial charge in [-0.3, -0.25) is 9.36 Å². The minimum Gasteiger partial charge on any atom is -0.394 e. The summed E-state index contributed by atoms with van der Waals surface area (Å²) in [7, 11) is 0. The van der Waals surface area contributed by atoms with Gasteiger partial charge in [0.05, 0.1) is 6.61 Å². The van der Waals surface area contributed by atoms with Crippen molar-refractivity contribution in [2.24, 2.45) is 0 Å². The SMILES string of the molecule is C=C1C(O)[C@@H](CO)O[C@H]1n1ccc(NC(=O)CCCCCCCCCCCCCCCCC)nc1=O. The molecule has 204 valence electrons. The molecule has 1 aromatic rings. The molecule has 1 aliphatic rings. The minimum atomic E-state index is -1.05. The van der Waals surface area contributed by atoms with Crippen LogP contribution < -0.4 is 11.0 Å². The molecular weight excluding hydrogens is 458 g/mol. The maximum atomic E-state index is 12.4. The van der Waals surface area contributed by atoms with Crippen LogP contribution in [0.2, 0.25) is 0 Å². The first-order valence-corrected chi connectivity index (χ1v) is 14.0. The molecule has 1 aliphatic heterocycles. The van der Waals surface area contributed by atoms with Crippen molar-refractivity contribution in [2.75, 3.05) is 11.9 Å². The van der Waals surface area contributed by atoms with Crippen LogP contribution in [-0.2, 0) is 9.53 Å². The summed E-state index contributed by atoms with van der Waals surface area (Å²) < 4.78 is 6.68. The number of rotatable bonds is 19. The van der Waals surface area contributed by atoms with Crippen molar-refractivity contribution in [3.63, 3.8) is 0 Å². The van der Waals surface area contributed by atoms with E-state index in [2.05, 4.69) is 23.8 Å². The number of nitrogens with one attached hydrogen (secondary N) is 1. The summed E-state index contributed by atoms with van der Waals surface area (Å²) in [5.41, 5.74) is -0.348. The van der Waals surface area contributed by atoms with Gasteiger partial charge in [-0.2, -0.15) is 4.98 Å². The van der Waals surface area contributed by atoms with Crippen molar-refractivity contribution in [1.82, 2.24) is 9.55 Å². The predicted octanol–water partition coefficient (Wildman–Crippen LogP) is 5.25. The molecule has 0 spiro atoms. The third-order valence-electron chi connectivity index (χ3n) is 6.89. The average molecular weight is 506 g/mol. The number of aliphatic hydroxyl groups excluding tert-OH is 2. The van der Waals surface area contributed by atoms with E-state index in [4.69, 9.17) is 4.74 Å². The zero-order chi connectivity index (χ0) is 26.2. The van der Waals surface area contributed by atoms with E-state index < -0.39 is 24.1 Å². The molecule has 0 saturated carbocycles. The number of hydrogen-bond donors (Lipinski definition) is 3. The number of anilines is 1. The van der Waals surface area contributed by atoms with E-state index in [1.54, 1.807) is 0 Å². The molecule has 0 aromatic carbocycles. The Kier molecular flexibility index (Phi) is 14.6. The topological polar surface area (TPSA) is 114 Å². The quantitative estimate of drug-likeness (QED) is 0.175. The number of aliphatic hydroxyl groups is 2. The van der Waals surface area contributed by atoms with Gasteiger partial charge in [-0.25, -0.2) is 4.79 Å². The Morgan fingerprint density at radius 1 is 1.00 bits per heavy atom. The van der Waals surface area contributed by atoms with Crippen molar-refractivity contribution in [1.29, 1.82) is 0 Å². The Balaban J connectivity index is 1.52. The summed E-state index contributed by atoms with van der Waals surface area (Å²) in [6.45, 7) is 5.63. The van der Waals surface area contributed by atoms with Crippen LogP contribution in [0.5, 0.6) is 0 Å². The second kappa shape index (κ2) is 17.4. The van der Waals surface area contributed by atoms with Crippen LogP contribution >= 0.6 is 0 Å². The van der Waals surface area contributed by atoms with E-state index in [0.29, 0.717) is 6.42 Å². The number of ether oxygens (including phenoxy) is 1. The highest BCUT2D eigenvalue weighted by Gasteiger charge is 2.38. The van der Waals surface area contributed by atoms with Crippen LogP contribution in [0.1, 0.15) is 116 Å². The molecule has 1 saturated heterocycles. The van der Waals surface area contributed by atoms with Gasteiger partial charge in [0.1, 0.15) is 18.0 Å². The maximum Gasteiger partial charge on any atom is 0.351 e. The Morgan fingerprint density at radius 2 is 1.53 bits per heavy atom. The molecule has 0 radical (unpaired) electrons. The minimum absolute atomic E-state index is 0.161. The Bertz CT molecular complexity index is 841. The fourth-order valence-electron chi connectivity index (χ4n) is 4.62. The van der Waals surface area contributed by atoms with E-state index in [0.717, 1.165) is 19.3 Å². The zero-order valence-electron chi connectivity index (χ0n) is 22.1. The van der Waals surface area contributed by atoms with Crippen LogP contribution in [0.4, 0.5) is 5.82 Å². The van der Waals surface area contributed by atoms with Crippen molar-refractivity contribution in [2.45, 2.75) is 128 Å². The summed E-state index contributed by atoms with van der Waals surface area (Å²) in [6, 6.07) is 1.51. The molecule has 8 heteroatoms. The van der Waals surface area contributed by atoms with E-state index in [-0.39, 0.29) is 23.9 Å².